The van der Waals surface area contributed by atoms with Crippen LogP contribution < -0.4 is 0 Å². The maximum atomic E-state index is 9.65. The van der Waals surface area contributed by atoms with Crippen LogP contribution >= 0.6 is 0 Å². The summed E-state index contributed by atoms with van der Waals surface area (Å²) in [6, 6.07) is 0. The predicted octanol–water partition coefficient (Wildman–Crippen LogP) is -3.29. The highest BCUT2D eigenvalue weighted by molar-refractivity contribution is 5.02. The zero-order chi connectivity index (χ0) is 14.6. The highest BCUT2D eigenvalue weighted by atomic mass is 16.7. The van der Waals surface area contributed by atoms with Crippen molar-refractivity contribution >= 4 is 0 Å². The molecule has 0 amide bonds. The van der Waals surface area contributed by atoms with Crippen molar-refractivity contribution in [3.63, 3.8) is 0 Å². The van der Waals surface area contributed by atoms with Crippen molar-refractivity contribution in [3.8, 4) is 0 Å². The van der Waals surface area contributed by atoms with Crippen LogP contribution in [0.4, 0.5) is 0 Å². The fourth-order valence-electron chi connectivity index (χ4n) is 1.62. The molecule has 0 aromatic heterocycles. The van der Waals surface area contributed by atoms with E-state index in [1.165, 1.54) is 0 Å². The molecule has 1 fully saturated rings. The highest BCUT2D eigenvalue weighted by Gasteiger charge is 2.44. The average Bonchev–Trinajstić information content (AvgIpc) is 2.42. The molecule has 8 nitrogen and oxygen atoms in total. The van der Waals surface area contributed by atoms with Crippen LogP contribution in [0.3, 0.4) is 0 Å². The third kappa shape index (κ3) is 3.94. The molecule has 1 aliphatic rings. The Balaban J connectivity index is 2.55. The van der Waals surface area contributed by atoms with Crippen molar-refractivity contribution in [1.82, 2.24) is 0 Å². The molecule has 112 valence electrons. The van der Waals surface area contributed by atoms with E-state index in [-0.39, 0.29) is 12.2 Å². The van der Waals surface area contributed by atoms with Crippen molar-refractivity contribution in [2.24, 2.45) is 0 Å². The molecule has 0 aromatic rings. The Kier molecular flexibility index (Phi) is 6.30. The second kappa shape index (κ2) is 7.27. The van der Waals surface area contributed by atoms with Crippen LogP contribution in [-0.4, -0.2) is 87.3 Å². The summed E-state index contributed by atoms with van der Waals surface area (Å²) >= 11 is 0. The summed E-state index contributed by atoms with van der Waals surface area (Å²) in [5.41, 5.74) is 0.166. The first-order valence-corrected chi connectivity index (χ1v) is 5.81. The number of aliphatic hydroxyl groups excluding tert-OH is 6. The minimum Gasteiger partial charge on any atom is -0.394 e. The van der Waals surface area contributed by atoms with Gasteiger partial charge in [-0.15, -0.1) is 0 Å². The fourth-order valence-corrected chi connectivity index (χ4v) is 1.62. The standard InChI is InChI=1S/C11H20O8/c1-5(6(14)2-12)4-18-11-10(17)9(16)8(15)7(3-13)19-11/h6-17H,1-4H2/t6-,7-,8+,9-,10-,11-/m1/s1. The van der Waals surface area contributed by atoms with Gasteiger partial charge in [-0.05, 0) is 5.57 Å². The molecule has 0 unspecified atom stereocenters. The summed E-state index contributed by atoms with van der Waals surface area (Å²) in [5, 5.41) is 55.6. The lowest BCUT2D eigenvalue weighted by atomic mass is 9.99. The minimum atomic E-state index is -1.52. The minimum absolute atomic E-state index is 0.166. The summed E-state index contributed by atoms with van der Waals surface area (Å²) in [7, 11) is 0. The number of hydrogen-bond donors (Lipinski definition) is 6. The lowest BCUT2D eigenvalue weighted by molar-refractivity contribution is -0.299. The summed E-state index contributed by atoms with van der Waals surface area (Å²) in [6.07, 6.45) is -7.97. The molecule has 0 bridgehead atoms. The van der Waals surface area contributed by atoms with Gasteiger partial charge in [0.15, 0.2) is 6.29 Å². The molecule has 6 atom stereocenters. The van der Waals surface area contributed by atoms with E-state index in [1.54, 1.807) is 0 Å². The van der Waals surface area contributed by atoms with E-state index in [9.17, 15) is 20.4 Å². The third-order valence-electron chi connectivity index (χ3n) is 2.93. The lowest BCUT2D eigenvalue weighted by Crippen LogP contribution is -2.59. The average molecular weight is 280 g/mol. The van der Waals surface area contributed by atoms with Gasteiger partial charge in [0.1, 0.15) is 24.4 Å². The predicted molar refractivity (Wildman–Crippen MR) is 62.0 cm³/mol. The maximum absolute atomic E-state index is 9.65. The van der Waals surface area contributed by atoms with Crippen LogP contribution in [-0.2, 0) is 9.47 Å². The number of rotatable bonds is 6. The van der Waals surface area contributed by atoms with Gasteiger partial charge >= 0.3 is 0 Å². The Hall–Kier alpha value is -0.580. The molecule has 1 heterocycles. The van der Waals surface area contributed by atoms with Crippen molar-refractivity contribution in [2.75, 3.05) is 19.8 Å². The number of hydrogen-bond acceptors (Lipinski definition) is 8. The molecule has 1 aliphatic heterocycles. The Morgan fingerprint density at radius 3 is 2.32 bits per heavy atom. The molecule has 0 radical (unpaired) electrons. The molecule has 0 aliphatic carbocycles. The van der Waals surface area contributed by atoms with Gasteiger partial charge in [0.2, 0.25) is 0 Å². The van der Waals surface area contributed by atoms with E-state index in [0.717, 1.165) is 0 Å². The molecule has 6 N–H and O–H groups in total. The Bertz CT molecular complexity index is 294. The van der Waals surface area contributed by atoms with Gasteiger partial charge in [0, 0.05) is 0 Å². The van der Waals surface area contributed by atoms with E-state index < -0.39 is 50.0 Å². The molecular formula is C11H20O8. The van der Waals surface area contributed by atoms with Crippen LogP contribution in [0.1, 0.15) is 0 Å². The van der Waals surface area contributed by atoms with Crippen molar-refractivity contribution < 1.29 is 40.1 Å². The first-order valence-electron chi connectivity index (χ1n) is 5.81. The topological polar surface area (TPSA) is 140 Å². The van der Waals surface area contributed by atoms with E-state index in [1.807, 2.05) is 0 Å². The molecule has 0 saturated carbocycles. The zero-order valence-corrected chi connectivity index (χ0v) is 10.3. The fraction of sp³-hybridized carbons (Fsp3) is 0.818. The highest BCUT2D eigenvalue weighted by Crippen LogP contribution is 2.22. The monoisotopic (exact) mass is 280 g/mol. The quantitative estimate of drug-likeness (QED) is 0.278. The van der Waals surface area contributed by atoms with Gasteiger partial charge in [-0.25, -0.2) is 0 Å². The lowest BCUT2D eigenvalue weighted by Gasteiger charge is -2.39. The van der Waals surface area contributed by atoms with Crippen molar-refractivity contribution in [1.29, 1.82) is 0 Å². The molecule has 0 aromatic carbocycles. The summed E-state index contributed by atoms with van der Waals surface area (Å²) in [4.78, 5) is 0. The number of ether oxygens (including phenoxy) is 2. The van der Waals surface area contributed by atoms with Gasteiger partial charge < -0.3 is 40.1 Å². The summed E-state index contributed by atoms with van der Waals surface area (Å²) in [6.45, 7) is 2.19. The van der Waals surface area contributed by atoms with Crippen LogP contribution in [0.5, 0.6) is 0 Å². The zero-order valence-electron chi connectivity index (χ0n) is 10.3. The van der Waals surface area contributed by atoms with Gasteiger partial charge in [-0.1, -0.05) is 6.58 Å². The van der Waals surface area contributed by atoms with E-state index in [4.69, 9.17) is 19.7 Å². The van der Waals surface area contributed by atoms with Gasteiger partial charge in [0.05, 0.1) is 25.9 Å². The van der Waals surface area contributed by atoms with E-state index in [2.05, 4.69) is 6.58 Å². The van der Waals surface area contributed by atoms with Crippen LogP contribution in [0.25, 0.3) is 0 Å². The summed E-state index contributed by atoms with van der Waals surface area (Å²) < 4.78 is 10.2. The maximum Gasteiger partial charge on any atom is 0.187 e. The molecular weight excluding hydrogens is 260 g/mol. The molecule has 1 rings (SSSR count). The van der Waals surface area contributed by atoms with E-state index in [0.29, 0.717) is 0 Å². The largest absolute Gasteiger partial charge is 0.394 e. The Morgan fingerprint density at radius 1 is 1.16 bits per heavy atom. The van der Waals surface area contributed by atoms with Crippen LogP contribution in [0.15, 0.2) is 12.2 Å². The Labute approximate surface area is 110 Å². The molecule has 1 saturated heterocycles. The van der Waals surface area contributed by atoms with Crippen LogP contribution in [0, 0.1) is 0 Å². The SMILES string of the molecule is C=C(CO[C@@H]1O[C@H](CO)[C@H](O)[C@@H](O)[C@H]1O)[C@H](O)CO. The summed E-state index contributed by atoms with van der Waals surface area (Å²) in [5.74, 6) is 0. The third-order valence-corrected chi connectivity index (χ3v) is 2.93. The van der Waals surface area contributed by atoms with Crippen LogP contribution in [0.2, 0.25) is 0 Å². The first-order chi connectivity index (χ1) is 8.92. The van der Waals surface area contributed by atoms with E-state index >= 15 is 0 Å². The Morgan fingerprint density at radius 2 is 1.79 bits per heavy atom. The second-order valence-electron chi connectivity index (χ2n) is 4.36. The molecule has 8 heteroatoms. The molecule has 19 heavy (non-hydrogen) atoms. The second-order valence-corrected chi connectivity index (χ2v) is 4.36. The number of aliphatic hydroxyl groups is 6. The molecule has 0 spiro atoms. The van der Waals surface area contributed by atoms with Gasteiger partial charge in [-0.3, -0.25) is 0 Å². The van der Waals surface area contributed by atoms with Gasteiger partial charge in [-0.2, -0.15) is 0 Å². The normalized spacial score (nSPS) is 37.1. The smallest absolute Gasteiger partial charge is 0.187 e. The van der Waals surface area contributed by atoms with Gasteiger partial charge in [0.25, 0.3) is 0 Å². The van der Waals surface area contributed by atoms with Crippen molar-refractivity contribution in [3.05, 3.63) is 12.2 Å². The van der Waals surface area contributed by atoms with Crippen molar-refractivity contribution in [2.45, 2.75) is 36.8 Å². The first kappa shape index (κ1) is 16.5.